The third-order valence-electron chi connectivity index (χ3n) is 6.83. The van der Waals surface area contributed by atoms with E-state index in [9.17, 15) is 28.4 Å². The van der Waals surface area contributed by atoms with Crippen molar-refractivity contribution in [2.24, 2.45) is 14.1 Å². The number of hydrogen-bond donors (Lipinski definition) is 4. The molecule has 6 aromatic rings. The predicted molar refractivity (Wildman–Crippen MR) is 220 cm³/mol. The molecule has 0 radical (unpaired) electrons. The molecule has 0 fully saturated rings. The quantitative estimate of drug-likeness (QED) is 0.0762. The number of nitrogens with zero attached hydrogens (tertiary/aromatic N) is 4. The predicted octanol–water partition coefficient (Wildman–Crippen LogP) is 7.93. The molecule has 0 unspecified atom stereocenters. The summed E-state index contributed by atoms with van der Waals surface area (Å²) >= 11 is 18.2. The van der Waals surface area contributed by atoms with Crippen LogP contribution in [0, 0.1) is 19.0 Å². The van der Waals surface area contributed by atoms with Gasteiger partial charge in [-0.05, 0) is 93.2 Å². The van der Waals surface area contributed by atoms with E-state index in [1.165, 1.54) is 30.3 Å². The Morgan fingerprint density at radius 2 is 1.23 bits per heavy atom. The summed E-state index contributed by atoms with van der Waals surface area (Å²) in [6.07, 6.45) is 3.26. The lowest BCUT2D eigenvalue weighted by atomic mass is 9.79. The van der Waals surface area contributed by atoms with E-state index in [1.807, 2.05) is 57.3 Å². The molecule has 4 aromatic carbocycles. The number of aryl methyl sites for hydroxylation is 2. The van der Waals surface area contributed by atoms with Gasteiger partial charge in [0.25, 0.3) is 11.8 Å². The van der Waals surface area contributed by atoms with Crippen LogP contribution in [0.5, 0.6) is 0 Å². The summed E-state index contributed by atoms with van der Waals surface area (Å²) < 4.78 is 31.2. The van der Waals surface area contributed by atoms with Crippen LogP contribution in [0.1, 0.15) is 20.7 Å². The first-order valence-electron chi connectivity index (χ1n) is 14.8. The molecule has 2 heterocycles. The van der Waals surface area contributed by atoms with Crippen molar-refractivity contribution in [3.8, 4) is 11.1 Å². The third-order valence-corrected chi connectivity index (χ3v) is 9.53. The molecular formula is C34H26BBrCl2F2I2N6O4. The van der Waals surface area contributed by atoms with E-state index in [0.717, 1.165) is 0 Å². The highest BCUT2D eigenvalue weighted by Crippen LogP contribution is 2.31. The van der Waals surface area contributed by atoms with Gasteiger partial charge < -0.3 is 20.7 Å². The minimum Gasteiger partial charge on any atom is -0.423 e. The Morgan fingerprint density at radius 3 is 1.71 bits per heavy atom. The van der Waals surface area contributed by atoms with Crippen molar-refractivity contribution in [2.75, 3.05) is 10.6 Å². The molecule has 0 saturated carbocycles. The normalized spacial score (nSPS) is 10.4. The van der Waals surface area contributed by atoms with Gasteiger partial charge >= 0.3 is 7.12 Å². The monoisotopic (exact) mass is 1030 g/mol. The minimum atomic E-state index is -1.63. The molecule has 6 rings (SSSR count). The highest BCUT2D eigenvalue weighted by atomic mass is 127. The van der Waals surface area contributed by atoms with E-state index < -0.39 is 18.8 Å². The van der Waals surface area contributed by atoms with Crippen LogP contribution in [0.3, 0.4) is 0 Å². The molecule has 0 atom stereocenters. The molecule has 4 N–H and O–H groups in total. The Kier molecular flexibility index (Phi) is 15.2. The number of halogens is 7. The van der Waals surface area contributed by atoms with Gasteiger partial charge in [-0.3, -0.25) is 19.0 Å². The van der Waals surface area contributed by atoms with Crippen molar-refractivity contribution in [2.45, 2.75) is 0 Å². The smallest absolute Gasteiger partial charge is 0.423 e. The fraction of sp³-hybridized carbons (Fsp3) is 0.0588. The van der Waals surface area contributed by atoms with Crippen molar-refractivity contribution in [3.05, 3.63) is 142 Å². The van der Waals surface area contributed by atoms with Crippen LogP contribution in [-0.4, -0.2) is 48.5 Å². The number of benzene rings is 4. The van der Waals surface area contributed by atoms with Crippen LogP contribution < -0.4 is 16.1 Å². The lowest BCUT2D eigenvalue weighted by Crippen LogP contribution is -2.33. The van der Waals surface area contributed by atoms with E-state index in [4.69, 9.17) is 23.2 Å². The van der Waals surface area contributed by atoms with E-state index in [0.29, 0.717) is 45.5 Å². The number of para-hydroxylation sites is 2. The van der Waals surface area contributed by atoms with Gasteiger partial charge in [0.05, 0.1) is 21.2 Å². The first-order chi connectivity index (χ1) is 24.6. The number of aromatic nitrogens is 4. The largest absolute Gasteiger partial charge is 0.490 e. The van der Waals surface area contributed by atoms with Crippen molar-refractivity contribution in [1.29, 1.82) is 0 Å². The second kappa shape index (κ2) is 19.1. The Morgan fingerprint density at radius 1 is 0.750 bits per heavy atom. The van der Waals surface area contributed by atoms with Crippen LogP contribution in [0.15, 0.2) is 102 Å². The molecule has 2 amide bonds. The Labute approximate surface area is 343 Å². The number of carbonyl (C=O) groups excluding carboxylic acids is 2. The van der Waals surface area contributed by atoms with Gasteiger partial charge in [-0.15, -0.1) is 0 Å². The van der Waals surface area contributed by atoms with Gasteiger partial charge in [0, 0.05) is 53.4 Å². The number of rotatable bonds is 6. The molecule has 0 bridgehead atoms. The number of hydrogen-bond acceptors (Lipinski definition) is 6. The summed E-state index contributed by atoms with van der Waals surface area (Å²) in [5, 5.41) is 32.4. The SMILES string of the molecule is Cn1cc(C(=O)Nc2ccccc2-c2ccc(Cl)c(F)c2)c(I)n1.Cn1cc(C(=O)Nc2ccccc2B(O)O)c(I)n1.Fc1cc(Br)ccc1Cl. The van der Waals surface area contributed by atoms with Crippen molar-refractivity contribution < 1.29 is 28.4 Å². The molecular weight excluding hydrogens is 1010 g/mol. The Hall–Kier alpha value is -3.40. The second-order valence-electron chi connectivity index (χ2n) is 10.6. The maximum absolute atomic E-state index is 13.7. The van der Waals surface area contributed by atoms with Crippen LogP contribution in [0.2, 0.25) is 10.0 Å². The number of anilines is 2. The molecule has 52 heavy (non-hydrogen) atoms. The average molecular weight is 1040 g/mol. The molecule has 18 heteroatoms. The fourth-order valence-electron chi connectivity index (χ4n) is 4.42. The highest BCUT2D eigenvalue weighted by molar-refractivity contribution is 14.1. The first kappa shape index (κ1) is 41.4. The number of nitrogens with one attached hydrogen (secondary N) is 2. The van der Waals surface area contributed by atoms with Gasteiger partial charge in [-0.25, -0.2) is 8.78 Å². The standard InChI is InChI=1S/C17H12ClFIN3O.C11H11BIN3O3.C6H3BrClF/c1-23-9-12(16(20)22-23)17(24)21-15-5-3-2-4-11(15)10-6-7-13(18)14(19)8-10;1-16-6-7(10(13)15-16)11(17)14-9-5-3-2-4-8(9)12(18)19;7-4-1-2-5(8)6(9)3-4/h2-9H,1H3,(H,21,24);2-6,18-19H,1H3,(H,14,17);1-3H. The van der Waals surface area contributed by atoms with E-state index in [2.05, 4.69) is 36.8 Å². The van der Waals surface area contributed by atoms with Crippen molar-refractivity contribution >= 4 is 120 Å². The third kappa shape index (κ3) is 11.3. The molecule has 10 nitrogen and oxygen atoms in total. The molecule has 268 valence electrons. The zero-order chi connectivity index (χ0) is 38.1. The van der Waals surface area contributed by atoms with Crippen LogP contribution in [0.4, 0.5) is 20.2 Å². The lowest BCUT2D eigenvalue weighted by Gasteiger charge is -2.11. The zero-order valence-corrected chi connectivity index (χ0v) is 34.4. The number of amides is 2. The molecule has 0 aliphatic carbocycles. The summed E-state index contributed by atoms with van der Waals surface area (Å²) in [5.74, 6) is -1.51. The van der Waals surface area contributed by atoms with Crippen molar-refractivity contribution in [1.82, 2.24) is 19.6 Å². The van der Waals surface area contributed by atoms with Gasteiger partial charge in [-0.2, -0.15) is 10.2 Å². The average Bonchev–Trinajstić information content (AvgIpc) is 3.63. The summed E-state index contributed by atoms with van der Waals surface area (Å²) in [6.45, 7) is 0. The molecule has 2 aromatic heterocycles. The summed E-state index contributed by atoms with van der Waals surface area (Å²) in [5.41, 5.74) is 3.45. The molecule has 0 aliphatic rings. The van der Waals surface area contributed by atoms with Gasteiger partial charge in [0.1, 0.15) is 19.0 Å². The van der Waals surface area contributed by atoms with Gasteiger partial charge in [-0.1, -0.05) is 81.6 Å². The summed E-state index contributed by atoms with van der Waals surface area (Å²) in [7, 11) is 1.85. The maximum Gasteiger partial charge on any atom is 0.490 e. The van der Waals surface area contributed by atoms with E-state index in [1.54, 1.807) is 78.3 Å². The molecule has 0 saturated heterocycles. The maximum atomic E-state index is 13.7. The van der Waals surface area contributed by atoms with Crippen molar-refractivity contribution in [3.63, 3.8) is 0 Å². The molecule has 0 spiro atoms. The van der Waals surface area contributed by atoms with Gasteiger partial charge in [0.2, 0.25) is 0 Å². The Balaban J connectivity index is 0.000000192. The second-order valence-corrected chi connectivity index (χ2v) is 14.4. The zero-order valence-electron chi connectivity index (χ0n) is 27.0. The topological polar surface area (TPSA) is 134 Å². The van der Waals surface area contributed by atoms with E-state index >= 15 is 0 Å². The Bertz CT molecular complexity index is 2230. The van der Waals surface area contributed by atoms with Crippen LogP contribution in [-0.2, 0) is 14.1 Å². The van der Waals surface area contributed by atoms with Gasteiger partial charge in [0.15, 0.2) is 0 Å². The number of carbonyl (C=O) groups is 2. The summed E-state index contributed by atoms with van der Waals surface area (Å²) in [4.78, 5) is 24.6. The van der Waals surface area contributed by atoms with E-state index in [-0.39, 0.29) is 27.3 Å². The molecule has 0 aliphatic heterocycles. The minimum absolute atomic E-state index is 0.0604. The lowest BCUT2D eigenvalue weighted by molar-refractivity contribution is 0.101. The highest BCUT2D eigenvalue weighted by Gasteiger charge is 2.20. The van der Waals surface area contributed by atoms with Crippen LogP contribution >= 0.6 is 84.3 Å². The van der Waals surface area contributed by atoms with Crippen LogP contribution in [0.25, 0.3) is 11.1 Å². The fourth-order valence-corrected chi connectivity index (χ4v) is 6.44. The first-order valence-corrected chi connectivity index (χ1v) is 18.5. The summed E-state index contributed by atoms with van der Waals surface area (Å²) in [6, 6.07) is 22.8.